The zero-order chi connectivity index (χ0) is 20.6. The molecule has 26 heavy (non-hydrogen) atoms. The first-order valence-electron chi connectivity index (χ1n) is 9.17. The molecule has 0 bridgehead atoms. The van der Waals surface area contributed by atoms with Crippen molar-refractivity contribution in [3.05, 3.63) is 0 Å². The van der Waals surface area contributed by atoms with E-state index in [-0.39, 0.29) is 0 Å². The van der Waals surface area contributed by atoms with Gasteiger partial charge < -0.3 is 4.55 Å². The standard InChI is InChI=1S/C16H33OS.CHF3O3S/c1-4-7-10-11-12-16(17)15-18(13-8-5-2)14-9-6-3;2-1(3,4)8(5,6)7/h4-15H2,1-3H3;(H,5,6,7)/q+1;/p-1. The second kappa shape index (κ2) is 15.7. The van der Waals surface area contributed by atoms with E-state index in [0.29, 0.717) is 16.7 Å². The molecule has 0 saturated carbocycles. The largest absolute Gasteiger partial charge is 0.741 e. The zero-order valence-electron chi connectivity index (χ0n) is 16.1. The van der Waals surface area contributed by atoms with Crippen LogP contribution < -0.4 is 0 Å². The van der Waals surface area contributed by atoms with Crippen LogP contribution in [0.25, 0.3) is 0 Å². The predicted molar refractivity (Wildman–Crippen MR) is 101 cm³/mol. The van der Waals surface area contributed by atoms with Crippen molar-refractivity contribution in [2.75, 3.05) is 17.3 Å². The summed E-state index contributed by atoms with van der Waals surface area (Å²) in [6, 6.07) is 0. The number of alkyl halides is 3. The molecule has 0 aliphatic heterocycles. The van der Waals surface area contributed by atoms with Crippen LogP contribution in [0.1, 0.15) is 78.6 Å². The van der Waals surface area contributed by atoms with E-state index in [9.17, 15) is 18.0 Å². The lowest BCUT2D eigenvalue weighted by molar-refractivity contribution is -0.116. The Labute approximate surface area is 159 Å². The van der Waals surface area contributed by atoms with E-state index in [0.717, 1.165) is 18.6 Å². The molecule has 0 aromatic heterocycles. The van der Waals surface area contributed by atoms with Crippen LogP contribution in [-0.2, 0) is 25.8 Å². The van der Waals surface area contributed by atoms with Gasteiger partial charge in [-0.2, -0.15) is 13.2 Å². The van der Waals surface area contributed by atoms with Gasteiger partial charge in [-0.15, -0.1) is 0 Å². The molecule has 0 aromatic rings. The smallest absolute Gasteiger partial charge is 0.485 e. The molecule has 0 fully saturated rings. The summed E-state index contributed by atoms with van der Waals surface area (Å²) in [7, 11) is -5.70. The van der Waals surface area contributed by atoms with E-state index in [4.69, 9.17) is 13.0 Å². The number of hydrogen-bond acceptors (Lipinski definition) is 4. The normalized spacial score (nSPS) is 12.0. The minimum absolute atomic E-state index is 0.389. The Morgan fingerprint density at radius 3 is 1.65 bits per heavy atom. The molecule has 0 atom stereocenters. The molecule has 9 heteroatoms. The van der Waals surface area contributed by atoms with Crippen molar-refractivity contribution in [1.29, 1.82) is 0 Å². The molecule has 0 N–H and O–H groups in total. The van der Waals surface area contributed by atoms with Crippen molar-refractivity contribution < 1.29 is 30.9 Å². The van der Waals surface area contributed by atoms with Gasteiger partial charge in [0.1, 0.15) is 11.5 Å². The number of carbonyl (C=O) groups is 1. The fourth-order valence-corrected chi connectivity index (χ4v) is 4.48. The Bertz CT molecular complexity index is 443. The fraction of sp³-hybridized carbons (Fsp3) is 0.941. The Hall–Kier alpha value is -0.280. The van der Waals surface area contributed by atoms with Crippen LogP contribution in [0.15, 0.2) is 0 Å². The van der Waals surface area contributed by atoms with Gasteiger partial charge in [-0.3, -0.25) is 4.79 Å². The minimum Gasteiger partial charge on any atom is -0.741 e. The highest BCUT2D eigenvalue weighted by Gasteiger charge is 2.36. The molecule has 0 aliphatic rings. The number of hydrogen-bond donors (Lipinski definition) is 0. The summed E-state index contributed by atoms with van der Waals surface area (Å²) in [5, 5.41) is 0. The summed E-state index contributed by atoms with van der Waals surface area (Å²) in [5.74, 6) is 3.99. The molecule has 0 saturated heterocycles. The molecular weight excluding hydrogens is 389 g/mol. The van der Waals surface area contributed by atoms with Crippen LogP contribution in [-0.4, -0.2) is 41.5 Å². The number of halogens is 3. The van der Waals surface area contributed by atoms with Crippen LogP contribution >= 0.6 is 0 Å². The first kappa shape index (κ1) is 27.9. The molecule has 4 nitrogen and oxygen atoms in total. The molecule has 0 radical (unpaired) electrons. The quantitative estimate of drug-likeness (QED) is 0.185. The monoisotopic (exact) mass is 422 g/mol. The summed E-state index contributed by atoms with van der Waals surface area (Å²) in [5.41, 5.74) is -5.65. The highest BCUT2D eigenvalue weighted by atomic mass is 32.2. The second-order valence-electron chi connectivity index (χ2n) is 6.12. The van der Waals surface area contributed by atoms with Crippen LogP contribution in [0.3, 0.4) is 0 Å². The van der Waals surface area contributed by atoms with Crippen LogP contribution in [0.5, 0.6) is 0 Å². The van der Waals surface area contributed by atoms with Gasteiger partial charge in [-0.05, 0) is 30.2 Å². The first-order valence-corrected chi connectivity index (χ1v) is 12.3. The number of carbonyl (C=O) groups excluding carboxylic acids is 1. The van der Waals surface area contributed by atoms with Crippen molar-refractivity contribution >= 4 is 26.8 Å². The van der Waals surface area contributed by atoms with E-state index in [1.165, 1.54) is 56.5 Å². The maximum Gasteiger partial charge on any atom is 0.485 e. The van der Waals surface area contributed by atoms with E-state index >= 15 is 0 Å². The number of rotatable bonds is 13. The second-order valence-corrected chi connectivity index (χ2v) is 9.82. The first-order chi connectivity index (χ1) is 12.0. The van der Waals surface area contributed by atoms with E-state index < -0.39 is 15.6 Å². The average Bonchev–Trinajstić information content (AvgIpc) is 2.53. The molecule has 0 heterocycles. The summed E-state index contributed by atoms with van der Waals surface area (Å²) >= 11 is 0. The topological polar surface area (TPSA) is 74.3 Å². The summed E-state index contributed by atoms with van der Waals surface area (Å²) in [4.78, 5) is 11.9. The van der Waals surface area contributed by atoms with E-state index in [1.54, 1.807) is 0 Å². The van der Waals surface area contributed by atoms with Crippen molar-refractivity contribution in [2.45, 2.75) is 84.1 Å². The molecule has 0 unspecified atom stereocenters. The molecule has 158 valence electrons. The van der Waals surface area contributed by atoms with Crippen molar-refractivity contribution in [3.8, 4) is 0 Å². The molecular formula is C17H33F3O4S2. The van der Waals surface area contributed by atoms with Gasteiger partial charge in [-0.1, -0.05) is 52.9 Å². The van der Waals surface area contributed by atoms with E-state index in [2.05, 4.69) is 20.8 Å². The highest BCUT2D eigenvalue weighted by Crippen LogP contribution is 2.20. The SMILES string of the molecule is CCCCCCC(=O)C[S+](CCCC)CCCC.O=S(=O)([O-])C(F)(F)F. The molecule has 0 rings (SSSR count). The lowest BCUT2D eigenvalue weighted by Gasteiger charge is -2.08. The Morgan fingerprint density at radius 2 is 1.31 bits per heavy atom. The molecule has 0 amide bonds. The molecule has 0 aliphatic carbocycles. The van der Waals surface area contributed by atoms with E-state index in [1.807, 2.05) is 0 Å². The Morgan fingerprint density at radius 1 is 0.885 bits per heavy atom. The van der Waals surface area contributed by atoms with Gasteiger partial charge >= 0.3 is 5.51 Å². The third kappa shape index (κ3) is 17.1. The maximum absolute atomic E-state index is 11.9. The number of ketones is 1. The number of unbranched alkanes of at least 4 members (excludes halogenated alkanes) is 5. The summed E-state index contributed by atoms with van der Waals surface area (Å²) < 4.78 is 58.9. The van der Waals surface area contributed by atoms with Gasteiger partial charge in [0.2, 0.25) is 0 Å². The lowest BCUT2D eigenvalue weighted by Crippen LogP contribution is -2.22. The van der Waals surface area contributed by atoms with Crippen molar-refractivity contribution in [3.63, 3.8) is 0 Å². The molecule has 0 spiro atoms. The van der Waals surface area contributed by atoms with Gasteiger partial charge in [-0.25, -0.2) is 8.42 Å². The van der Waals surface area contributed by atoms with Gasteiger partial charge in [0, 0.05) is 6.42 Å². The van der Waals surface area contributed by atoms with Gasteiger partial charge in [0.15, 0.2) is 21.7 Å². The maximum atomic E-state index is 11.9. The van der Waals surface area contributed by atoms with Gasteiger partial charge in [0.25, 0.3) is 0 Å². The van der Waals surface area contributed by atoms with Crippen LogP contribution in [0, 0.1) is 0 Å². The van der Waals surface area contributed by atoms with Gasteiger partial charge in [0.05, 0.1) is 0 Å². The zero-order valence-corrected chi connectivity index (χ0v) is 17.7. The summed E-state index contributed by atoms with van der Waals surface area (Å²) in [6.45, 7) is 6.70. The van der Waals surface area contributed by atoms with Crippen molar-refractivity contribution in [2.24, 2.45) is 0 Å². The van der Waals surface area contributed by atoms with Crippen molar-refractivity contribution in [1.82, 2.24) is 0 Å². The molecule has 0 aromatic carbocycles. The predicted octanol–water partition coefficient (Wildman–Crippen LogP) is 4.80. The summed E-state index contributed by atoms with van der Waals surface area (Å²) in [6.07, 6.45) is 10.9. The lowest BCUT2D eigenvalue weighted by atomic mass is 10.1. The highest BCUT2D eigenvalue weighted by molar-refractivity contribution is 7.97. The van der Waals surface area contributed by atoms with Crippen LogP contribution in [0.2, 0.25) is 0 Å². The fourth-order valence-electron chi connectivity index (χ4n) is 1.99. The third-order valence-electron chi connectivity index (χ3n) is 3.53. The Balaban J connectivity index is 0. The minimum atomic E-state index is -6.09. The average molecular weight is 423 g/mol. The Kier molecular flexibility index (Phi) is 16.9. The van der Waals surface area contributed by atoms with Crippen LogP contribution in [0.4, 0.5) is 13.2 Å². The number of Topliss-reactive ketones (excluding diaryl/α,β-unsaturated/α-hetero) is 1. The third-order valence-corrected chi connectivity index (χ3v) is 6.56.